The molecule has 0 radical (unpaired) electrons. The van der Waals surface area contributed by atoms with Gasteiger partial charge >= 0.3 is 0 Å². The molecule has 0 saturated heterocycles. The summed E-state index contributed by atoms with van der Waals surface area (Å²) < 4.78 is 5.70. The van der Waals surface area contributed by atoms with Gasteiger partial charge in [-0.25, -0.2) is 0 Å². The molecule has 1 aromatic carbocycles. The first-order chi connectivity index (χ1) is 10.4. The highest BCUT2D eigenvalue weighted by Gasteiger charge is 2.60. The minimum atomic E-state index is 0.0283. The topological polar surface area (TPSA) is 38.3 Å². The van der Waals surface area contributed by atoms with E-state index in [4.69, 9.17) is 4.74 Å². The number of nitrogens with one attached hydrogen (secondary N) is 1. The first kappa shape index (κ1) is 16.6. The number of hydrogen-bond acceptors (Lipinski definition) is 2. The Morgan fingerprint density at radius 2 is 2.00 bits per heavy atom. The minimum absolute atomic E-state index is 0.0283. The van der Waals surface area contributed by atoms with Crippen molar-refractivity contribution in [2.75, 3.05) is 11.9 Å². The van der Waals surface area contributed by atoms with Crippen LogP contribution in [-0.2, 0) is 4.79 Å². The summed E-state index contributed by atoms with van der Waals surface area (Å²) in [5.41, 5.74) is 2.06. The normalized spacial score (nSPS) is 21.9. The van der Waals surface area contributed by atoms with E-state index in [-0.39, 0.29) is 17.2 Å². The average molecular weight is 301 g/mol. The third-order valence-corrected chi connectivity index (χ3v) is 4.31. The molecule has 1 N–H and O–H groups in total. The maximum Gasteiger partial charge on any atom is 0.228 e. The Kier molecular flexibility index (Phi) is 4.94. The lowest BCUT2D eigenvalue weighted by atomic mass is 10.1. The van der Waals surface area contributed by atoms with Crippen LogP contribution < -0.4 is 10.1 Å². The summed E-state index contributed by atoms with van der Waals surface area (Å²) in [6.45, 7) is 11.2. The molecular weight excluding hydrogens is 274 g/mol. The van der Waals surface area contributed by atoms with E-state index >= 15 is 0 Å². The zero-order chi connectivity index (χ0) is 16.3. The predicted molar refractivity (Wildman–Crippen MR) is 91.0 cm³/mol. The summed E-state index contributed by atoms with van der Waals surface area (Å²) in [6, 6.07) is 7.64. The third kappa shape index (κ3) is 3.52. The van der Waals surface area contributed by atoms with Gasteiger partial charge in [0.05, 0.1) is 18.2 Å². The number of anilines is 1. The fourth-order valence-corrected chi connectivity index (χ4v) is 2.97. The Labute approximate surface area is 133 Å². The predicted octanol–water partition coefficient (Wildman–Crippen LogP) is 4.65. The van der Waals surface area contributed by atoms with E-state index < -0.39 is 0 Å². The van der Waals surface area contributed by atoms with Crippen LogP contribution >= 0.6 is 0 Å². The van der Waals surface area contributed by atoms with Crippen molar-refractivity contribution in [1.29, 1.82) is 0 Å². The van der Waals surface area contributed by atoms with E-state index in [1.807, 2.05) is 24.3 Å². The molecule has 2 rings (SSSR count). The van der Waals surface area contributed by atoms with Gasteiger partial charge < -0.3 is 10.1 Å². The number of benzene rings is 1. The Balaban J connectivity index is 2.09. The van der Waals surface area contributed by atoms with Crippen molar-refractivity contribution in [3.8, 4) is 5.75 Å². The highest BCUT2D eigenvalue weighted by molar-refractivity contribution is 5.96. The summed E-state index contributed by atoms with van der Waals surface area (Å²) >= 11 is 0. The number of rotatable bonds is 6. The zero-order valence-electron chi connectivity index (χ0n) is 14.3. The van der Waals surface area contributed by atoms with Crippen molar-refractivity contribution in [3.05, 3.63) is 35.9 Å². The van der Waals surface area contributed by atoms with Crippen molar-refractivity contribution in [2.45, 2.75) is 41.0 Å². The molecule has 0 aromatic heterocycles. The van der Waals surface area contributed by atoms with Gasteiger partial charge in [-0.05, 0) is 43.7 Å². The minimum Gasteiger partial charge on any atom is -0.491 e. The van der Waals surface area contributed by atoms with Crippen molar-refractivity contribution >= 4 is 11.6 Å². The summed E-state index contributed by atoms with van der Waals surface area (Å²) in [5.74, 6) is 1.18. The van der Waals surface area contributed by atoms with Gasteiger partial charge in [-0.2, -0.15) is 0 Å². The monoisotopic (exact) mass is 301 g/mol. The maximum absolute atomic E-state index is 12.6. The van der Waals surface area contributed by atoms with Gasteiger partial charge in [0.1, 0.15) is 5.75 Å². The molecule has 1 aromatic rings. The quantitative estimate of drug-likeness (QED) is 0.777. The second kappa shape index (κ2) is 6.55. The van der Waals surface area contributed by atoms with Gasteiger partial charge in [0.2, 0.25) is 5.91 Å². The first-order valence-electron chi connectivity index (χ1n) is 8.05. The van der Waals surface area contributed by atoms with Crippen LogP contribution in [0.2, 0.25) is 0 Å². The molecule has 0 heterocycles. The molecule has 0 spiro atoms. The summed E-state index contributed by atoms with van der Waals surface area (Å²) in [4.78, 5) is 12.6. The second-order valence-corrected chi connectivity index (χ2v) is 6.90. The first-order valence-corrected chi connectivity index (χ1v) is 8.05. The van der Waals surface area contributed by atoms with E-state index in [0.717, 1.165) is 17.9 Å². The number of para-hydroxylation sites is 2. The average Bonchev–Trinajstić information content (AvgIpc) is 2.98. The molecule has 2 atom stereocenters. The third-order valence-electron chi connectivity index (χ3n) is 4.31. The molecule has 1 amide bonds. The van der Waals surface area contributed by atoms with Gasteiger partial charge in [0.25, 0.3) is 0 Å². The SMILES string of the molecule is CCCOc1ccccc1NC(=O)C1C(C=C(C)C)C1(C)C. The summed E-state index contributed by atoms with van der Waals surface area (Å²) in [7, 11) is 0. The van der Waals surface area contributed by atoms with Crippen molar-refractivity contribution in [2.24, 2.45) is 17.3 Å². The van der Waals surface area contributed by atoms with Crippen LogP contribution in [0.4, 0.5) is 5.69 Å². The molecule has 3 nitrogen and oxygen atoms in total. The van der Waals surface area contributed by atoms with Crippen molar-refractivity contribution in [1.82, 2.24) is 0 Å². The number of allylic oxidation sites excluding steroid dienone is 2. The zero-order valence-corrected chi connectivity index (χ0v) is 14.3. The Bertz CT molecular complexity index is 571. The number of carbonyl (C=O) groups is 1. The smallest absolute Gasteiger partial charge is 0.228 e. The molecule has 3 heteroatoms. The molecule has 120 valence electrons. The highest BCUT2D eigenvalue weighted by atomic mass is 16.5. The lowest BCUT2D eigenvalue weighted by Gasteiger charge is -2.12. The van der Waals surface area contributed by atoms with E-state index in [9.17, 15) is 4.79 Å². The van der Waals surface area contributed by atoms with E-state index in [1.165, 1.54) is 5.57 Å². The van der Waals surface area contributed by atoms with Crippen LogP contribution in [0.25, 0.3) is 0 Å². The molecule has 1 aliphatic rings. The second-order valence-electron chi connectivity index (χ2n) is 6.90. The number of hydrogen-bond donors (Lipinski definition) is 1. The van der Waals surface area contributed by atoms with E-state index in [2.05, 4.69) is 46.0 Å². The summed E-state index contributed by atoms with van der Waals surface area (Å²) in [6.07, 6.45) is 3.16. The fraction of sp³-hybridized carbons (Fsp3) is 0.526. The Hall–Kier alpha value is -1.77. The van der Waals surface area contributed by atoms with Crippen LogP contribution in [0.1, 0.15) is 41.0 Å². The molecule has 1 aliphatic carbocycles. The van der Waals surface area contributed by atoms with Crippen molar-refractivity contribution in [3.63, 3.8) is 0 Å². The largest absolute Gasteiger partial charge is 0.491 e. The van der Waals surface area contributed by atoms with Gasteiger partial charge in [-0.1, -0.05) is 44.6 Å². The molecule has 0 aliphatic heterocycles. The number of carbonyl (C=O) groups excluding carboxylic acids is 1. The molecule has 22 heavy (non-hydrogen) atoms. The van der Waals surface area contributed by atoms with Crippen LogP contribution in [-0.4, -0.2) is 12.5 Å². The Morgan fingerprint density at radius 3 is 2.64 bits per heavy atom. The highest BCUT2D eigenvalue weighted by Crippen LogP contribution is 2.59. The van der Waals surface area contributed by atoms with Gasteiger partial charge in [0, 0.05) is 0 Å². The Morgan fingerprint density at radius 1 is 1.32 bits per heavy atom. The standard InChI is InChI=1S/C19H27NO2/c1-6-11-22-16-10-8-7-9-15(16)20-18(21)17-14(12-13(2)3)19(17,4)5/h7-10,12,14,17H,6,11H2,1-5H3,(H,20,21). The van der Waals surface area contributed by atoms with E-state index in [1.54, 1.807) is 0 Å². The molecule has 2 unspecified atom stereocenters. The summed E-state index contributed by atoms with van der Waals surface area (Å²) in [5, 5.41) is 3.05. The number of ether oxygens (including phenoxy) is 1. The fourth-order valence-electron chi connectivity index (χ4n) is 2.97. The molecule has 1 fully saturated rings. The van der Waals surface area contributed by atoms with Crippen LogP contribution in [0.3, 0.4) is 0 Å². The lowest BCUT2D eigenvalue weighted by Crippen LogP contribution is -2.17. The van der Waals surface area contributed by atoms with Crippen LogP contribution in [0, 0.1) is 17.3 Å². The maximum atomic E-state index is 12.6. The van der Waals surface area contributed by atoms with Gasteiger partial charge in [-0.3, -0.25) is 4.79 Å². The molecule has 1 saturated carbocycles. The molecular formula is C19H27NO2. The lowest BCUT2D eigenvalue weighted by molar-refractivity contribution is -0.118. The van der Waals surface area contributed by atoms with E-state index in [0.29, 0.717) is 12.5 Å². The molecule has 0 bridgehead atoms. The van der Waals surface area contributed by atoms with Gasteiger partial charge in [0.15, 0.2) is 0 Å². The number of amides is 1. The van der Waals surface area contributed by atoms with Crippen molar-refractivity contribution < 1.29 is 9.53 Å². The van der Waals surface area contributed by atoms with Gasteiger partial charge in [-0.15, -0.1) is 0 Å². The van der Waals surface area contributed by atoms with Crippen LogP contribution in [0.15, 0.2) is 35.9 Å². The van der Waals surface area contributed by atoms with Crippen LogP contribution in [0.5, 0.6) is 5.75 Å².